The number of aliphatic hydroxyl groups excluding tert-OH is 1. The van der Waals surface area contributed by atoms with E-state index < -0.39 is 53.8 Å². The number of hydrogen-bond acceptors (Lipinski definition) is 10. The van der Waals surface area contributed by atoms with Crippen molar-refractivity contribution >= 4 is 46.2 Å². The Hall–Kier alpha value is -5.69. The highest BCUT2D eigenvalue weighted by Gasteiger charge is 2.43. The van der Waals surface area contributed by atoms with Gasteiger partial charge in [-0.2, -0.15) is 0 Å². The van der Waals surface area contributed by atoms with Gasteiger partial charge in [-0.25, -0.2) is 9.59 Å². The molecule has 0 aliphatic heterocycles. The zero-order valence-electron chi connectivity index (χ0n) is 31.5. The number of aromatic nitrogens is 1. The Labute approximate surface area is 309 Å². The summed E-state index contributed by atoms with van der Waals surface area (Å²) >= 11 is 0. The van der Waals surface area contributed by atoms with E-state index in [9.17, 15) is 24.6 Å². The van der Waals surface area contributed by atoms with Crippen molar-refractivity contribution in [1.82, 2.24) is 15.3 Å². The number of nitrogens with zero attached hydrogens (tertiary/aromatic N) is 3. The Balaban J connectivity index is 2.07. The number of nitrogens with one attached hydrogen (secondary N) is 1. The van der Waals surface area contributed by atoms with Gasteiger partial charge < -0.3 is 30.7 Å². The molecule has 4 aromatic rings. The number of aryl methyl sites for hydroxylation is 2. The number of rotatable bonds is 11. The van der Waals surface area contributed by atoms with Crippen molar-refractivity contribution < 1.29 is 38.9 Å². The Morgan fingerprint density at radius 2 is 1.47 bits per heavy atom. The van der Waals surface area contributed by atoms with Crippen LogP contribution in [0.15, 0.2) is 73.1 Å². The van der Waals surface area contributed by atoms with E-state index in [1.807, 2.05) is 13.8 Å². The van der Waals surface area contributed by atoms with Crippen LogP contribution in [0.3, 0.4) is 0 Å². The normalized spacial score (nSPS) is 12.8. The first-order chi connectivity index (χ1) is 24.8. The molecule has 1 heterocycles. The van der Waals surface area contributed by atoms with Crippen LogP contribution in [-0.2, 0) is 25.5 Å². The summed E-state index contributed by atoms with van der Waals surface area (Å²) in [5, 5.41) is 25.9. The molecular weight excluding hydrogens is 678 g/mol. The molecule has 0 saturated carbocycles. The minimum atomic E-state index is -1.51. The van der Waals surface area contributed by atoms with E-state index >= 15 is 4.79 Å². The summed E-state index contributed by atoms with van der Waals surface area (Å²) in [5.41, 5.74) is 7.65. The van der Waals surface area contributed by atoms with Gasteiger partial charge in [0.15, 0.2) is 6.04 Å². The number of benzene rings is 3. The Morgan fingerprint density at radius 3 is 2.02 bits per heavy atom. The van der Waals surface area contributed by atoms with Crippen LogP contribution >= 0.6 is 0 Å². The predicted octanol–water partition coefficient (Wildman–Crippen LogP) is 6.94. The molecule has 0 bridgehead atoms. The minimum absolute atomic E-state index is 0.106. The molecule has 282 valence electrons. The van der Waals surface area contributed by atoms with Gasteiger partial charge in [0.1, 0.15) is 11.2 Å². The van der Waals surface area contributed by atoms with E-state index in [0.29, 0.717) is 33.6 Å². The van der Waals surface area contributed by atoms with Crippen molar-refractivity contribution in [1.29, 1.82) is 0 Å². The number of hydrogen-bond donors (Lipinski definition) is 4. The van der Waals surface area contributed by atoms with Gasteiger partial charge in [-0.05, 0) is 125 Å². The number of nitrogen functional groups attached to an aromatic ring is 1. The maximum absolute atomic E-state index is 15.1. The van der Waals surface area contributed by atoms with Crippen LogP contribution < -0.4 is 16.1 Å². The van der Waals surface area contributed by atoms with Crippen molar-refractivity contribution in [3.63, 3.8) is 0 Å². The Bertz CT molecular complexity index is 1930. The summed E-state index contributed by atoms with van der Waals surface area (Å²) in [4.78, 5) is 60.1. The zero-order chi connectivity index (χ0) is 39.2. The Kier molecular flexibility index (Phi) is 12.3. The molecule has 5 N–H and O–H groups in total. The van der Waals surface area contributed by atoms with Crippen molar-refractivity contribution in [3.05, 3.63) is 101 Å². The van der Waals surface area contributed by atoms with Crippen molar-refractivity contribution in [2.45, 2.75) is 91.5 Å². The monoisotopic (exact) mass is 727 g/mol. The second kappa shape index (κ2) is 16.3. The predicted molar refractivity (Wildman–Crippen MR) is 202 cm³/mol. The van der Waals surface area contributed by atoms with E-state index in [4.69, 9.17) is 15.2 Å². The zero-order valence-corrected chi connectivity index (χ0v) is 31.5. The molecule has 13 heteroatoms. The number of carbonyl (C=O) groups excluding carboxylic acids is 3. The van der Waals surface area contributed by atoms with Crippen molar-refractivity contribution in [2.75, 3.05) is 17.3 Å². The molecule has 1 aromatic heterocycles. The number of nitrogens with two attached hydrogens (primary N) is 1. The number of hydrazine groups is 1. The third-order valence-electron chi connectivity index (χ3n) is 8.13. The van der Waals surface area contributed by atoms with Gasteiger partial charge in [-0.1, -0.05) is 30.3 Å². The number of pyridine rings is 1. The number of aliphatic carboxylic acids is 1. The molecule has 0 saturated heterocycles. The van der Waals surface area contributed by atoms with Crippen LogP contribution in [0, 0.1) is 13.8 Å². The van der Waals surface area contributed by atoms with E-state index in [2.05, 4.69) is 10.3 Å². The van der Waals surface area contributed by atoms with E-state index in [1.54, 1.807) is 115 Å². The number of ether oxygens (including phenoxy) is 2. The first kappa shape index (κ1) is 40.1. The van der Waals surface area contributed by atoms with Crippen molar-refractivity contribution in [2.24, 2.45) is 0 Å². The number of carbonyl (C=O) groups is 4. The average molecular weight is 728 g/mol. The molecule has 3 amide bonds. The molecule has 0 aliphatic rings. The molecule has 0 spiro atoms. The maximum atomic E-state index is 15.1. The molecule has 53 heavy (non-hydrogen) atoms. The summed E-state index contributed by atoms with van der Waals surface area (Å²) in [6.45, 7) is 13.4. The van der Waals surface area contributed by atoms with Gasteiger partial charge in [0.25, 0.3) is 0 Å². The maximum Gasteiger partial charge on any atom is 0.439 e. The van der Waals surface area contributed by atoms with Gasteiger partial charge in [0, 0.05) is 30.1 Å². The van der Waals surface area contributed by atoms with Gasteiger partial charge in [0.2, 0.25) is 5.91 Å². The molecule has 13 nitrogen and oxygen atoms in total. The SMILES string of the molecule is Cc1cc(C(C(=O)NC(CC(=O)O)c2cccc(N)c2)N(c2ccc3cnccc3c2)N(C(=O)OC(C)(C)C)C(=O)OC(C)(C)C)cc(C)c1CCO. The fourth-order valence-electron chi connectivity index (χ4n) is 6.00. The average Bonchev–Trinajstić information content (AvgIpc) is 3.03. The lowest BCUT2D eigenvalue weighted by molar-refractivity contribution is -0.137. The third-order valence-corrected chi connectivity index (χ3v) is 8.13. The summed E-state index contributed by atoms with van der Waals surface area (Å²) in [5.74, 6) is -1.93. The number of carboxylic acid groups (broad SMARTS) is 1. The highest BCUT2D eigenvalue weighted by Crippen LogP contribution is 2.36. The molecule has 0 fully saturated rings. The summed E-state index contributed by atoms with van der Waals surface area (Å²) in [6.07, 6.45) is 0.858. The van der Waals surface area contributed by atoms with Gasteiger partial charge in [-0.3, -0.25) is 19.6 Å². The lowest BCUT2D eigenvalue weighted by Gasteiger charge is -2.41. The number of anilines is 2. The van der Waals surface area contributed by atoms with Crippen LogP contribution in [0.2, 0.25) is 0 Å². The lowest BCUT2D eigenvalue weighted by atomic mass is 9.93. The second-order valence-corrected chi connectivity index (χ2v) is 14.9. The largest absolute Gasteiger partial charge is 0.481 e. The van der Waals surface area contributed by atoms with Crippen LogP contribution in [0.1, 0.15) is 87.9 Å². The summed E-state index contributed by atoms with van der Waals surface area (Å²) in [6, 6.07) is 14.3. The van der Waals surface area contributed by atoms with E-state index in [-0.39, 0.29) is 12.3 Å². The second-order valence-electron chi connectivity index (χ2n) is 14.9. The molecule has 3 aromatic carbocycles. The van der Waals surface area contributed by atoms with Crippen LogP contribution in [0.5, 0.6) is 0 Å². The van der Waals surface area contributed by atoms with E-state index in [1.165, 1.54) is 5.01 Å². The molecule has 4 rings (SSSR count). The summed E-state index contributed by atoms with van der Waals surface area (Å²) in [7, 11) is 0. The number of amides is 3. The van der Waals surface area contributed by atoms with Gasteiger partial charge in [0.05, 0.1) is 18.2 Å². The topological polar surface area (TPSA) is 185 Å². The fraction of sp³-hybridized carbons (Fsp3) is 0.375. The van der Waals surface area contributed by atoms with Gasteiger partial charge >= 0.3 is 18.2 Å². The van der Waals surface area contributed by atoms with Crippen LogP contribution in [-0.4, -0.2) is 62.1 Å². The standard InChI is InChI=1S/C40H49N5O8/c1-24-18-29(19-25(2)32(24)15-17-46)35(36(49)43-33(22-34(47)48)27-10-9-11-30(41)20-27)44(31-13-12-28-23-42-16-14-26(28)21-31)45(37(50)52-39(3,4)5)38(51)53-40(6,7)8/h9-14,16,18-21,23,33,35,46H,15,17,22,41H2,1-8H3,(H,43,49)(H,47,48). The highest BCUT2D eigenvalue weighted by molar-refractivity contribution is 5.96. The molecule has 0 radical (unpaired) electrons. The first-order valence-electron chi connectivity index (χ1n) is 17.3. The summed E-state index contributed by atoms with van der Waals surface area (Å²) < 4.78 is 11.6. The van der Waals surface area contributed by atoms with Gasteiger partial charge in [-0.15, -0.1) is 5.01 Å². The Morgan fingerprint density at radius 1 is 0.849 bits per heavy atom. The highest BCUT2D eigenvalue weighted by atomic mass is 16.6. The number of imide groups is 1. The first-order valence-corrected chi connectivity index (χ1v) is 17.3. The quantitative estimate of drug-likeness (QED) is 0.0927. The van der Waals surface area contributed by atoms with Crippen LogP contribution in [0.25, 0.3) is 10.8 Å². The minimum Gasteiger partial charge on any atom is -0.481 e. The van der Waals surface area contributed by atoms with E-state index in [0.717, 1.165) is 22.1 Å². The third kappa shape index (κ3) is 10.4. The molecule has 2 atom stereocenters. The fourth-order valence-corrected chi connectivity index (χ4v) is 6.00. The molecular formula is C40H49N5O8. The smallest absolute Gasteiger partial charge is 0.439 e. The van der Waals surface area contributed by atoms with Crippen LogP contribution in [0.4, 0.5) is 21.0 Å². The number of carboxylic acids is 1. The number of fused-ring (bicyclic) bond motifs is 1. The lowest BCUT2D eigenvalue weighted by Crippen LogP contribution is -2.57. The molecule has 2 unspecified atom stereocenters. The number of aliphatic hydroxyl groups is 1. The van der Waals surface area contributed by atoms with Crippen molar-refractivity contribution in [3.8, 4) is 0 Å². The molecule has 0 aliphatic carbocycles.